The van der Waals surface area contributed by atoms with E-state index < -0.39 is 23.5 Å². The van der Waals surface area contributed by atoms with Crippen LogP contribution in [0.25, 0.3) is 5.76 Å². The molecule has 1 amide bonds. The lowest BCUT2D eigenvalue weighted by Gasteiger charge is -2.27. The zero-order chi connectivity index (χ0) is 22.1. The summed E-state index contributed by atoms with van der Waals surface area (Å²) in [6.45, 7) is 2.03. The Morgan fingerprint density at radius 2 is 1.71 bits per heavy atom. The quantitative estimate of drug-likeness (QED) is 0.391. The maximum atomic E-state index is 13.4. The van der Waals surface area contributed by atoms with Gasteiger partial charge in [0.1, 0.15) is 11.4 Å². The van der Waals surface area contributed by atoms with Crippen LogP contribution in [0.1, 0.15) is 28.5 Å². The Hall–Kier alpha value is -3.64. The maximum absolute atomic E-state index is 13.4. The molecule has 3 aromatic rings. The number of amides is 1. The van der Waals surface area contributed by atoms with E-state index in [-0.39, 0.29) is 12.1 Å². The van der Waals surface area contributed by atoms with Gasteiger partial charge in [0, 0.05) is 5.57 Å². The first-order valence-corrected chi connectivity index (χ1v) is 10.1. The fraction of sp³-hybridized carbons (Fsp3) is 0.200. The van der Waals surface area contributed by atoms with Gasteiger partial charge in [-0.2, -0.15) is 0 Å². The van der Waals surface area contributed by atoms with Crippen LogP contribution >= 0.6 is 0 Å². The number of aryl methyl sites for hydroxylation is 1. The largest absolute Gasteiger partial charge is 0.872 e. The van der Waals surface area contributed by atoms with Crippen LogP contribution in [0.5, 0.6) is 0 Å². The second kappa shape index (κ2) is 8.24. The van der Waals surface area contributed by atoms with Crippen molar-refractivity contribution >= 4 is 23.1 Å². The molecule has 1 aliphatic heterocycles. The summed E-state index contributed by atoms with van der Waals surface area (Å²) < 4.78 is 5.40. The van der Waals surface area contributed by atoms with Crippen LogP contribution < -0.4 is 10.0 Å². The minimum Gasteiger partial charge on any atom is -0.872 e. The molecule has 1 aromatic heterocycles. The number of quaternary nitrogens is 1. The van der Waals surface area contributed by atoms with Crippen LogP contribution in [0.2, 0.25) is 0 Å². The molecule has 0 aliphatic carbocycles. The van der Waals surface area contributed by atoms with E-state index in [4.69, 9.17) is 4.42 Å². The molecule has 0 saturated carbocycles. The molecule has 1 N–H and O–H groups in total. The van der Waals surface area contributed by atoms with E-state index in [0.717, 1.165) is 16.2 Å². The highest BCUT2D eigenvalue weighted by Crippen LogP contribution is 2.39. The van der Waals surface area contributed by atoms with E-state index in [1.54, 1.807) is 24.3 Å². The number of hydrogen-bond acceptors (Lipinski definition) is 4. The highest BCUT2D eigenvalue weighted by Gasteiger charge is 2.44. The van der Waals surface area contributed by atoms with Gasteiger partial charge in [-0.15, -0.1) is 0 Å². The van der Waals surface area contributed by atoms with E-state index >= 15 is 0 Å². The van der Waals surface area contributed by atoms with E-state index in [2.05, 4.69) is 0 Å². The second-order valence-electron chi connectivity index (χ2n) is 7.97. The van der Waals surface area contributed by atoms with Crippen molar-refractivity contribution in [2.24, 2.45) is 0 Å². The molecule has 2 aromatic carbocycles. The third-order valence-corrected chi connectivity index (χ3v) is 5.55. The number of likely N-dealkylation sites (tertiary alicyclic amines) is 1. The van der Waals surface area contributed by atoms with E-state index in [1.807, 2.05) is 57.4 Å². The number of benzene rings is 2. The van der Waals surface area contributed by atoms with Gasteiger partial charge in [0.2, 0.25) is 5.78 Å². The number of nitrogens with zero attached hydrogens (tertiary/aromatic N) is 1. The van der Waals surface area contributed by atoms with Crippen LogP contribution in [0.3, 0.4) is 0 Å². The minimum atomic E-state index is -0.773. The summed E-state index contributed by atoms with van der Waals surface area (Å²) in [5, 5.41) is 13.4. The van der Waals surface area contributed by atoms with E-state index in [1.165, 1.54) is 11.2 Å². The molecule has 6 nitrogen and oxygen atoms in total. The molecule has 1 aliphatic rings. The lowest BCUT2D eigenvalue weighted by atomic mass is 9.95. The van der Waals surface area contributed by atoms with Crippen LogP contribution in [0, 0.1) is 6.92 Å². The summed E-state index contributed by atoms with van der Waals surface area (Å²) in [6, 6.07) is 17.3. The molecule has 1 fully saturated rings. The number of rotatable bonds is 5. The molecule has 1 saturated heterocycles. The average Bonchev–Trinajstić information content (AvgIpc) is 3.36. The maximum Gasteiger partial charge on any atom is 0.295 e. The molecule has 31 heavy (non-hydrogen) atoms. The lowest BCUT2D eigenvalue weighted by molar-refractivity contribution is -0.786. The predicted molar refractivity (Wildman–Crippen MR) is 114 cm³/mol. The summed E-state index contributed by atoms with van der Waals surface area (Å²) in [6.07, 6.45) is 1.52. The molecular formula is C25H24N2O4. The van der Waals surface area contributed by atoms with Crippen molar-refractivity contribution in [1.82, 2.24) is 4.90 Å². The summed E-state index contributed by atoms with van der Waals surface area (Å²) in [5.74, 6) is -1.33. The summed E-state index contributed by atoms with van der Waals surface area (Å²) in [5.41, 5.74) is 3.15. The first-order chi connectivity index (χ1) is 14.9. The molecular weight excluding hydrogens is 392 g/mol. The van der Waals surface area contributed by atoms with Gasteiger partial charge in [0.15, 0.2) is 0 Å². The van der Waals surface area contributed by atoms with Crippen molar-refractivity contribution < 1.29 is 24.0 Å². The van der Waals surface area contributed by atoms with Gasteiger partial charge in [-0.3, -0.25) is 9.59 Å². The molecule has 0 spiro atoms. The Kier molecular flexibility index (Phi) is 5.48. The molecule has 2 heterocycles. The lowest BCUT2D eigenvalue weighted by Crippen LogP contribution is -3.00. The second-order valence-corrected chi connectivity index (χ2v) is 7.97. The Morgan fingerprint density at radius 3 is 2.29 bits per heavy atom. The fourth-order valence-corrected chi connectivity index (χ4v) is 3.81. The zero-order valence-corrected chi connectivity index (χ0v) is 17.7. The molecule has 1 atom stereocenters. The molecule has 0 radical (unpaired) electrons. The molecule has 6 heteroatoms. The smallest absolute Gasteiger partial charge is 0.295 e. The molecule has 1 unspecified atom stereocenters. The van der Waals surface area contributed by atoms with Gasteiger partial charge in [0.05, 0.1) is 32.9 Å². The predicted octanol–water partition coefficient (Wildman–Crippen LogP) is 1.79. The Morgan fingerprint density at radius 1 is 1.03 bits per heavy atom. The van der Waals surface area contributed by atoms with E-state index in [9.17, 15) is 14.7 Å². The van der Waals surface area contributed by atoms with Gasteiger partial charge >= 0.3 is 0 Å². The van der Waals surface area contributed by atoms with Crippen molar-refractivity contribution in [3.05, 3.63) is 95.0 Å². The third-order valence-electron chi connectivity index (χ3n) is 5.55. The first-order valence-electron chi connectivity index (χ1n) is 10.1. The monoisotopic (exact) mass is 416 g/mol. The van der Waals surface area contributed by atoms with Gasteiger partial charge < -0.3 is 19.3 Å². The standard InChI is InChI=1S/C25H24N2O4/c1-16-6-8-18(9-7-16)23(28)21-22(17-10-12-19(13-11-17)26(2)3)27(25(30)24(21)29)15-20-5-4-14-31-20/h4-14,22,28H,15H2,1-3H3/b23-21+. The number of carbonyl (C=O) groups excluding carboxylic acids is 2. The van der Waals surface area contributed by atoms with Crippen molar-refractivity contribution in [3.63, 3.8) is 0 Å². The average molecular weight is 416 g/mol. The van der Waals surface area contributed by atoms with Gasteiger partial charge in [-0.25, -0.2) is 0 Å². The number of ketones is 1. The number of furan rings is 1. The summed E-state index contributed by atoms with van der Waals surface area (Å²) in [4.78, 5) is 28.5. The summed E-state index contributed by atoms with van der Waals surface area (Å²) >= 11 is 0. The first kappa shape index (κ1) is 20.6. The number of Topliss-reactive ketones (excluding diaryl/α,β-unsaturated/α-hetero) is 1. The van der Waals surface area contributed by atoms with Crippen molar-refractivity contribution in [3.8, 4) is 0 Å². The van der Waals surface area contributed by atoms with Crippen LogP contribution in [-0.4, -0.2) is 30.7 Å². The van der Waals surface area contributed by atoms with Gasteiger partial charge in [-0.05, 0) is 42.3 Å². The number of hydrogen-bond donors (Lipinski definition) is 1. The fourth-order valence-electron chi connectivity index (χ4n) is 3.81. The Labute approximate surface area is 181 Å². The Balaban J connectivity index is 1.84. The Bertz CT molecular complexity index is 1130. The number of carbonyl (C=O) groups is 2. The van der Waals surface area contributed by atoms with Crippen molar-refractivity contribution in [1.29, 1.82) is 0 Å². The van der Waals surface area contributed by atoms with Crippen LogP contribution in [0.15, 0.2) is 76.9 Å². The molecule has 158 valence electrons. The molecule has 4 rings (SSSR count). The van der Waals surface area contributed by atoms with Crippen LogP contribution in [0.4, 0.5) is 5.69 Å². The summed E-state index contributed by atoms with van der Waals surface area (Å²) in [7, 11) is 4.03. The van der Waals surface area contributed by atoms with Gasteiger partial charge in [-0.1, -0.05) is 47.7 Å². The highest BCUT2D eigenvalue weighted by atomic mass is 16.3. The van der Waals surface area contributed by atoms with Crippen molar-refractivity contribution in [2.75, 3.05) is 14.1 Å². The van der Waals surface area contributed by atoms with Crippen LogP contribution in [-0.2, 0) is 16.1 Å². The van der Waals surface area contributed by atoms with Gasteiger partial charge in [0.25, 0.3) is 5.91 Å². The normalized spacial score (nSPS) is 18.2. The molecule has 0 bridgehead atoms. The van der Waals surface area contributed by atoms with Crippen molar-refractivity contribution in [2.45, 2.75) is 19.5 Å². The van der Waals surface area contributed by atoms with E-state index in [0.29, 0.717) is 16.9 Å². The highest BCUT2D eigenvalue weighted by molar-refractivity contribution is 6.46. The topological polar surface area (TPSA) is 78.0 Å². The zero-order valence-electron chi connectivity index (χ0n) is 17.7. The minimum absolute atomic E-state index is 0.0228. The SMILES string of the molecule is Cc1ccc(/C([O-])=C2\C(=O)C(=O)N(Cc3ccco3)C2c2ccc([NH+](C)C)cc2)cc1. The number of nitrogens with one attached hydrogen (secondary N) is 1. The third kappa shape index (κ3) is 3.90.